The van der Waals surface area contributed by atoms with Gasteiger partial charge in [0, 0.05) is 13.1 Å². The summed E-state index contributed by atoms with van der Waals surface area (Å²) in [6.45, 7) is 5.24. The number of carbonyl (C=O) groups is 2. The largest absolute Gasteiger partial charge is 0.464 e. The third-order valence-electron chi connectivity index (χ3n) is 1.71. The van der Waals surface area contributed by atoms with Crippen molar-refractivity contribution < 1.29 is 14.3 Å². The number of ether oxygens (including phenoxy) is 1. The highest BCUT2D eigenvalue weighted by Crippen LogP contribution is 2.03. The van der Waals surface area contributed by atoms with Crippen LogP contribution in [0.2, 0.25) is 0 Å². The minimum Gasteiger partial charge on any atom is -0.464 e. The van der Waals surface area contributed by atoms with Gasteiger partial charge in [-0.25, -0.2) is 9.59 Å². The molecule has 5 heteroatoms. The number of urea groups is 1. The van der Waals surface area contributed by atoms with Gasteiger partial charge in [0.15, 0.2) is 0 Å². The Bertz CT molecular complexity index is 213. The Labute approximate surface area is 77.0 Å². The van der Waals surface area contributed by atoms with Crippen LogP contribution in [-0.2, 0) is 9.53 Å². The first-order valence-corrected chi connectivity index (χ1v) is 4.37. The van der Waals surface area contributed by atoms with E-state index in [2.05, 4.69) is 5.32 Å². The lowest BCUT2D eigenvalue weighted by atomic mass is 10.3. The van der Waals surface area contributed by atoms with E-state index in [1.807, 2.05) is 0 Å². The van der Waals surface area contributed by atoms with Crippen molar-refractivity contribution in [2.24, 2.45) is 0 Å². The fourth-order valence-electron chi connectivity index (χ4n) is 0.856. The van der Waals surface area contributed by atoms with Crippen molar-refractivity contribution in [1.82, 2.24) is 10.2 Å². The maximum atomic E-state index is 11.1. The predicted molar refractivity (Wildman–Crippen MR) is 46.2 cm³/mol. The molecule has 0 bridgehead atoms. The molecule has 1 rings (SSSR count). The zero-order valence-corrected chi connectivity index (χ0v) is 7.87. The monoisotopic (exact) mass is 186 g/mol. The highest BCUT2D eigenvalue weighted by molar-refractivity contribution is 5.84. The van der Waals surface area contributed by atoms with Crippen molar-refractivity contribution in [1.29, 1.82) is 0 Å². The number of carbonyl (C=O) groups excluding carboxylic acids is 2. The average molecular weight is 186 g/mol. The van der Waals surface area contributed by atoms with E-state index < -0.39 is 12.0 Å². The average Bonchev–Trinajstić information content (AvgIpc) is 2.86. The molecule has 5 nitrogen and oxygen atoms in total. The molecule has 0 aromatic rings. The van der Waals surface area contributed by atoms with Crippen LogP contribution in [0.3, 0.4) is 0 Å². The fourth-order valence-corrected chi connectivity index (χ4v) is 0.856. The van der Waals surface area contributed by atoms with E-state index in [4.69, 9.17) is 4.74 Å². The van der Waals surface area contributed by atoms with Crippen LogP contribution in [0.25, 0.3) is 0 Å². The maximum Gasteiger partial charge on any atom is 0.328 e. The van der Waals surface area contributed by atoms with Gasteiger partial charge in [0.05, 0.1) is 6.61 Å². The van der Waals surface area contributed by atoms with Gasteiger partial charge in [-0.1, -0.05) is 0 Å². The van der Waals surface area contributed by atoms with Gasteiger partial charge in [0.2, 0.25) is 0 Å². The Morgan fingerprint density at radius 2 is 2.15 bits per heavy atom. The third-order valence-corrected chi connectivity index (χ3v) is 1.71. The number of amides is 2. The molecule has 0 saturated carbocycles. The summed E-state index contributed by atoms with van der Waals surface area (Å²) in [6.07, 6.45) is 0. The molecule has 0 aromatic carbocycles. The van der Waals surface area contributed by atoms with Crippen molar-refractivity contribution in [2.75, 3.05) is 19.7 Å². The van der Waals surface area contributed by atoms with Gasteiger partial charge in [0.25, 0.3) is 0 Å². The number of hydrogen-bond donors (Lipinski definition) is 1. The molecule has 1 fully saturated rings. The molecular weight excluding hydrogens is 172 g/mol. The van der Waals surface area contributed by atoms with E-state index >= 15 is 0 Å². The second-order valence-corrected chi connectivity index (χ2v) is 2.91. The van der Waals surface area contributed by atoms with Crippen molar-refractivity contribution >= 4 is 12.0 Å². The molecule has 1 N–H and O–H groups in total. The lowest BCUT2D eigenvalue weighted by molar-refractivity contribution is -0.144. The van der Waals surface area contributed by atoms with Crippen LogP contribution >= 0.6 is 0 Å². The molecule has 0 aliphatic carbocycles. The first kappa shape index (κ1) is 9.83. The molecule has 0 spiro atoms. The molecule has 2 amide bonds. The summed E-state index contributed by atoms with van der Waals surface area (Å²) < 4.78 is 4.73. The van der Waals surface area contributed by atoms with E-state index in [0.29, 0.717) is 6.61 Å². The summed E-state index contributed by atoms with van der Waals surface area (Å²) in [4.78, 5) is 23.8. The topological polar surface area (TPSA) is 58.4 Å². The van der Waals surface area contributed by atoms with Crippen LogP contribution in [-0.4, -0.2) is 42.6 Å². The number of nitrogens with one attached hydrogen (secondary N) is 1. The molecule has 0 radical (unpaired) electrons. The van der Waals surface area contributed by atoms with Gasteiger partial charge in [-0.15, -0.1) is 0 Å². The Balaban J connectivity index is 2.26. The van der Waals surface area contributed by atoms with Gasteiger partial charge in [-0.3, -0.25) is 0 Å². The molecule has 0 aromatic heterocycles. The minimum atomic E-state index is -0.562. The molecule has 1 unspecified atom stereocenters. The lowest BCUT2D eigenvalue weighted by Gasteiger charge is -2.12. The van der Waals surface area contributed by atoms with E-state index in [9.17, 15) is 9.59 Å². The van der Waals surface area contributed by atoms with Gasteiger partial charge < -0.3 is 15.0 Å². The van der Waals surface area contributed by atoms with Crippen LogP contribution in [0.4, 0.5) is 4.79 Å². The minimum absolute atomic E-state index is 0.194. The Kier molecular flexibility index (Phi) is 3.11. The van der Waals surface area contributed by atoms with E-state index in [1.54, 1.807) is 18.7 Å². The number of nitrogens with zero attached hydrogens (tertiary/aromatic N) is 1. The second kappa shape index (κ2) is 4.11. The van der Waals surface area contributed by atoms with Crippen molar-refractivity contribution in [2.45, 2.75) is 19.9 Å². The molecule has 74 valence electrons. The van der Waals surface area contributed by atoms with Crippen LogP contribution in [0, 0.1) is 0 Å². The zero-order valence-electron chi connectivity index (χ0n) is 7.87. The van der Waals surface area contributed by atoms with Gasteiger partial charge in [-0.05, 0) is 13.8 Å². The van der Waals surface area contributed by atoms with Crippen LogP contribution in [0.1, 0.15) is 13.8 Å². The van der Waals surface area contributed by atoms with Gasteiger partial charge in [-0.2, -0.15) is 0 Å². The normalized spacial score (nSPS) is 16.3. The molecule has 1 atom stereocenters. The van der Waals surface area contributed by atoms with Gasteiger partial charge in [0.1, 0.15) is 6.04 Å². The van der Waals surface area contributed by atoms with Crippen LogP contribution in [0.5, 0.6) is 0 Å². The van der Waals surface area contributed by atoms with E-state index in [0.717, 1.165) is 13.1 Å². The van der Waals surface area contributed by atoms with Gasteiger partial charge >= 0.3 is 12.0 Å². The van der Waals surface area contributed by atoms with E-state index in [1.165, 1.54) is 0 Å². The molecular formula is C8H14N2O3. The highest BCUT2D eigenvalue weighted by atomic mass is 16.5. The summed E-state index contributed by atoms with van der Waals surface area (Å²) >= 11 is 0. The second-order valence-electron chi connectivity index (χ2n) is 2.91. The SMILES string of the molecule is CCOC(=O)C(C)NC(=O)N1CC1. The predicted octanol–water partition coefficient (Wildman–Crippen LogP) is -0.0368. The van der Waals surface area contributed by atoms with Crippen LogP contribution in [0.15, 0.2) is 0 Å². The Morgan fingerprint density at radius 3 is 2.62 bits per heavy atom. The molecule has 1 heterocycles. The first-order chi connectivity index (χ1) is 6.15. The Morgan fingerprint density at radius 1 is 1.54 bits per heavy atom. The summed E-state index contributed by atoms with van der Waals surface area (Å²) in [7, 11) is 0. The summed E-state index contributed by atoms with van der Waals surface area (Å²) in [5.41, 5.74) is 0. The smallest absolute Gasteiger partial charge is 0.328 e. The van der Waals surface area contributed by atoms with Crippen molar-refractivity contribution in [3.8, 4) is 0 Å². The molecule has 1 aliphatic heterocycles. The van der Waals surface area contributed by atoms with E-state index in [-0.39, 0.29) is 6.03 Å². The lowest BCUT2D eigenvalue weighted by Crippen LogP contribution is -2.41. The third kappa shape index (κ3) is 2.93. The maximum absolute atomic E-state index is 11.1. The number of esters is 1. The summed E-state index contributed by atoms with van der Waals surface area (Å²) in [6, 6.07) is -0.756. The van der Waals surface area contributed by atoms with Crippen molar-refractivity contribution in [3.05, 3.63) is 0 Å². The molecule has 1 saturated heterocycles. The summed E-state index contributed by atoms with van der Waals surface area (Å²) in [5, 5.41) is 2.54. The zero-order chi connectivity index (χ0) is 9.84. The fraction of sp³-hybridized carbons (Fsp3) is 0.750. The number of rotatable bonds is 3. The molecule has 1 aliphatic rings. The number of hydrogen-bond acceptors (Lipinski definition) is 3. The standard InChI is InChI=1S/C8H14N2O3/c1-3-13-7(11)6(2)9-8(12)10-4-5-10/h6H,3-5H2,1-2H3,(H,9,12). The quantitative estimate of drug-likeness (QED) is 0.497. The molecule has 13 heavy (non-hydrogen) atoms. The Hall–Kier alpha value is -1.26. The van der Waals surface area contributed by atoms with Crippen molar-refractivity contribution in [3.63, 3.8) is 0 Å². The first-order valence-electron chi connectivity index (χ1n) is 4.37. The highest BCUT2D eigenvalue weighted by Gasteiger charge is 2.26. The summed E-state index contributed by atoms with van der Waals surface area (Å²) in [5.74, 6) is -0.391. The van der Waals surface area contributed by atoms with Crippen LogP contribution < -0.4 is 5.32 Å².